The Hall–Kier alpha value is -2.82. The maximum atomic E-state index is 12.8. The summed E-state index contributed by atoms with van der Waals surface area (Å²) in [6.07, 6.45) is 1.66. The zero-order valence-corrected chi connectivity index (χ0v) is 19.3. The lowest BCUT2D eigenvalue weighted by molar-refractivity contribution is 0.00827. The van der Waals surface area contributed by atoms with E-state index in [4.69, 9.17) is 4.74 Å². The summed E-state index contributed by atoms with van der Waals surface area (Å²) in [7, 11) is 1.64. The summed E-state index contributed by atoms with van der Waals surface area (Å²) in [5.74, 6) is 0.790. The molecule has 0 spiro atoms. The van der Waals surface area contributed by atoms with Crippen LogP contribution in [0.1, 0.15) is 20.3 Å². The molecule has 0 unspecified atom stereocenters. The summed E-state index contributed by atoms with van der Waals surface area (Å²) in [4.78, 5) is 40.1. The van der Waals surface area contributed by atoms with E-state index >= 15 is 0 Å². The Bertz CT molecular complexity index is 1090. The molecule has 5 rings (SSSR count). The first-order valence-electron chi connectivity index (χ1n) is 10.4. The SMILES string of the molecule is COc1ccc(-c2nc(C(=O)N3CC(N4CCN(C(=O)c5nccs5)CC4)C3)cs2)cc1. The third-order valence-electron chi connectivity index (χ3n) is 5.94. The number of piperazine rings is 1. The first-order chi connectivity index (χ1) is 15.6. The molecule has 2 aliphatic heterocycles. The molecule has 0 saturated carbocycles. The van der Waals surface area contributed by atoms with Crippen molar-refractivity contribution >= 4 is 34.5 Å². The van der Waals surface area contributed by atoms with Crippen LogP contribution in [0, 0.1) is 0 Å². The smallest absolute Gasteiger partial charge is 0.282 e. The Kier molecular flexibility index (Phi) is 5.90. The molecule has 2 fully saturated rings. The van der Waals surface area contributed by atoms with E-state index in [0.717, 1.165) is 29.4 Å². The molecular weight excluding hydrogens is 446 g/mol. The van der Waals surface area contributed by atoms with Gasteiger partial charge in [0.15, 0.2) is 5.01 Å². The Balaban J connectivity index is 1.12. The molecule has 1 aromatic carbocycles. The van der Waals surface area contributed by atoms with Gasteiger partial charge in [-0.1, -0.05) is 0 Å². The van der Waals surface area contributed by atoms with E-state index in [9.17, 15) is 9.59 Å². The zero-order valence-electron chi connectivity index (χ0n) is 17.6. The van der Waals surface area contributed by atoms with Crippen LogP contribution < -0.4 is 4.74 Å². The van der Waals surface area contributed by atoms with Gasteiger partial charge in [0.05, 0.1) is 7.11 Å². The molecule has 0 aliphatic carbocycles. The van der Waals surface area contributed by atoms with Gasteiger partial charge in [0.2, 0.25) is 0 Å². The van der Waals surface area contributed by atoms with Gasteiger partial charge in [0.1, 0.15) is 16.5 Å². The number of carbonyl (C=O) groups excluding carboxylic acids is 2. The second-order valence-corrected chi connectivity index (χ2v) is 9.55. The van der Waals surface area contributed by atoms with Crippen LogP contribution in [0.3, 0.4) is 0 Å². The van der Waals surface area contributed by atoms with Crippen LogP contribution in [0.15, 0.2) is 41.2 Å². The number of carbonyl (C=O) groups is 2. The van der Waals surface area contributed by atoms with Gasteiger partial charge in [-0.05, 0) is 24.3 Å². The molecular formula is C22H23N5O3S2. The molecule has 10 heteroatoms. The van der Waals surface area contributed by atoms with Crippen molar-refractivity contribution in [3.63, 3.8) is 0 Å². The number of amides is 2. The molecule has 0 bridgehead atoms. The van der Waals surface area contributed by atoms with Crippen molar-refractivity contribution in [1.29, 1.82) is 0 Å². The molecule has 2 aliphatic rings. The number of methoxy groups -OCH3 is 1. The van der Waals surface area contributed by atoms with Crippen molar-refractivity contribution in [3.8, 4) is 16.3 Å². The van der Waals surface area contributed by atoms with Crippen LogP contribution in [-0.4, -0.2) is 88.9 Å². The lowest BCUT2D eigenvalue weighted by atomic mass is 10.1. The summed E-state index contributed by atoms with van der Waals surface area (Å²) in [6, 6.07) is 8.02. The molecule has 2 saturated heterocycles. The number of nitrogens with zero attached hydrogens (tertiary/aromatic N) is 5. The Morgan fingerprint density at radius 1 is 1.00 bits per heavy atom. The number of thiazole rings is 2. The lowest BCUT2D eigenvalue weighted by Crippen LogP contribution is -2.64. The number of aromatic nitrogens is 2. The first-order valence-corrected chi connectivity index (χ1v) is 12.2. The summed E-state index contributed by atoms with van der Waals surface area (Å²) < 4.78 is 5.19. The van der Waals surface area contributed by atoms with Gasteiger partial charge in [-0.2, -0.15) is 0 Å². The van der Waals surface area contributed by atoms with Crippen molar-refractivity contribution in [2.75, 3.05) is 46.4 Å². The fourth-order valence-corrected chi connectivity index (χ4v) is 5.41. The second-order valence-electron chi connectivity index (χ2n) is 7.80. The predicted octanol–water partition coefficient (Wildman–Crippen LogP) is 2.56. The van der Waals surface area contributed by atoms with Gasteiger partial charge in [0, 0.05) is 67.8 Å². The molecule has 166 valence electrons. The molecule has 32 heavy (non-hydrogen) atoms. The highest BCUT2D eigenvalue weighted by atomic mass is 32.1. The highest BCUT2D eigenvalue weighted by Crippen LogP contribution is 2.27. The summed E-state index contributed by atoms with van der Waals surface area (Å²) >= 11 is 2.86. The van der Waals surface area contributed by atoms with Gasteiger partial charge in [-0.3, -0.25) is 14.5 Å². The minimum absolute atomic E-state index is 0.0151. The van der Waals surface area contributed by atoms with Crippen molar-refractivity contribution in [2.45, 2.75) is 6.04 Å². The fraction of sp³-hybridized carbons (Fsp3) is 0.364. The van der Waals surface area contributed by atoms with E-state index in [2.05, 4.69) is 14.9 Å². The Morgan fingerprint density at radius 2 is 1.75 bits per heavy atom. The van der Waals surface area contributed by atoms with Crippen LogP contribution >= 0.6 is 22.7 Å². The van der Waals surface area contributed by atoms with Crippen molar-refractivity contribution in [3.05, 3.63) is 51.9 Å². The van der Waals surface area contributed by atoms with Gasteiger partial charge >= 0.3 is 0 Å². The van der Waals surface area contributed by atoms with E-state index in [0.29, 0.717) is 42.9 Å². The van der Waals surface area contributed by atoms with E-state index in [1.54, 1.807) is 13.3 Å². The van der Waals surface area contributed by atoms with E-state index in [1.165, 1.54) is 22.7 Å². The molecule has 2 aromatic heterocycles. The van der Waals surface area contributed by atoms with Gasteiger partial charge in [0.25, 0.3) is 11.8 Å². The number of hydrogen-bond donors (Lipinski definition) is 0. The minimum Gasteiger partial charge on any atom is -0.497 e. The standard InChI is InChI=1S/C22H23N5O3S2/c1-30-17-4-2-15(3-5-17)19-24-18(14-32-19)21(28)27-12-16(13-27)25-7-9-26(10-8-25)22(29)20-23-6-11-31-20/h2-6,11,14,16H,7-10,12-13H2,1H3. The zero-order chi connectivity index (χ0) is 22.1. The number of rotatable bonds is 5. The summed E-state index contributed by atoms with van der Waals surface area (Å²) in [6.45, 7) is 4.44. The fourth-order valence-electron chi connectivity index (χ4n) is 4.01. The van der Waals surface area contributed by atoms with Crippen molar-refractivity contribution in [1.82, 2.24) is 24.7 Å². The van der Waals surface area contributed by atoms with Gasteiger partial charge in [-0.15, -0.1) is 22.7 Å². The maximum Gasteiger partial charge on any atom is 0.282 e. The number of hydrogen-bond acceptors (Lipinski definition) is 8. The first kappa shape index (κ1) is 21.0. The monoisotopic (exact) mass is 469 g/mol. The highest BCUT2D eigenvalue weighted by molar-refractivity contribution is 7.13. The normalized spacial score (nSPS) is 17.3. The molecule has 4 heterocycles. The van der Waals surface area contributed by atoms with Gasteiger partial charge in [-0.25, -0.2) is 9.97 Å². The van der Waals surface area contributed by atoms with Crippen LogP contribution in [-0.2, 0) is 0 Å². The highest BCUT2D eigenvalue weighted by Gasteiger charge is 2.37. The topological polar surface area (TPSA) is 78.9 Å². The van der Waals surface area contributed by atoms with Crippen LogP contribution in [0.5, 0.6) is 5.75 Å². The van der Waals surface area contributed by atoms with E-state index in [1.807, 2.05) is 44.8 Å². The second kappa shape index (κ2) is 8.97. The third-order valence-corrected chi connectivity index (χ3v) is 7.60. The van der Waals surface area contributed by atoms with Gasteiger partial charge < -0.3 is 14.5 Å². The van der Waals surface area contributed by atoms with E-state index < -0.39 is 0 Å². The van der Waals surface area contributed by atoms with Crippen LogP contribution in [0.25, 0.3) is 10.6 Å². The molecule has 2 amide bonds. The average molecular weight is 470 g/mol. The quantitative estimate of drug-likeness (QED) is 0.572. The molecule has 0 N–H and O–H groups in total. The Labute approximate surface area is 194 Å². The number of ether oxygens (including phenoxy) is 1. The predicted molar refractivity (Wildman–Crippen MR) is 123 cm³/mol. The average Bonchev–Trinajstić information content (AvgIpc) is 3.51. The van der Waals surface area contributed by atoms with Crippen molar-refractivity contribution < 1.29 is 14.3 Å². The molecule has 3 aromatic rings. The largest absolute Gasteiger partial charge is 0.497 e. The number of benzene rings is 1. The van der Waals surface area contributed by atoms with Crippen LogP contribution in [0.2, 0.25) is 0 Å². The molecule has 0 radical (unpaired) electrons. The van der Waals surface area contributed by atoms with E-state index in [-0.39, 0.29) is 11.8 Å². The summed E-state index contributed by atoms with van der Waals surface area (Å²) in [5, 5.41) is 5.04. The molecule has 8 nitrogen and oxygen atoms in total. The Morgan fingerprint density at radius 3 is 2.41 bits per heavy atom. The van der Waals surface area contributed by atoms with Crippen molar-refractivity contribution in [2.24, 2.45) is 0 Å². The van der Waals surface area contributed by atoms with Crippen LogP contribution in [0.4, 0.5) is 0 Å². The number of likely N-dealkylation sites (tertiary alicyclic amines) is 1. The minimum atomic E-state index is -0.0187. The molecule has 0 atom stereocenters. The third kappa shape index (κ3) is 4.13. The maximum absolute atomic E-state index is 12.8. The summed E-state index contributed by atoms with van der Waals surface area (Å²) in [5.41, 5.74) is 1.47. The lowest BCUT2D eigenvalue weighted by Gasteiger charge is -2.47.